The summed E-state index contributed by atoms with van der Waals surface area (Å²) in [6, 6.07) is 10.8. The average molecular weight is 298 g/mol. The minimum Gasteiger partial charge on any atom is -0.315 e. The number of hydrogen-bond acceptors (Lipinski definition) is 3. The third-order valence-corrected chi connectivity index (χ3v) is 5.63. The summed E-state index contributed by atoms with van der Waals surface area (Å²) in [6.07, 6.45) is 4.45. The van der Waals surface area contributed by atoms with E-state index < -0.39 is 0 Å². The highest BCUT2D eigenvalue weighted by Crippen LogP contribution is 2.47. The van der Waals surface area contributed by atoms with Gasteiger partial charge < -0.3 is 4.90 Å². The Balaban J connectivity index is 1.81. The van der Waals surface area contributed by atoms with Gasteiger partial charge in [0, 0.05) is 10.9 Å². The van der Waals surface area contributed by atoms with Gasteiger partial charge in [0.25, 0.3) is 5.91 Å². The smallest absolute Gasteiger partial charge is 0.253 e. The van der Waals surface area contributed by atoms with E-state index in [9.17, 15) is 4.79 Å². The van der Waals surface area contributed by atoms with Gasteiger partial charge in [-0.05, 0) is 25.3 Å². The molecular weight excluding hydrogens is 280 g/mol. The van der Waals surface area contributed by atoms with Gasteiger partial charge in [-0.2, -0.15) is 4.99 Å². The van der Waals surface area contributed by atoms with Gasteiger partial charge in [0.1, 0.15) is 0 Å². The van der Waals surface area contributed by atoms with Crippen LogP contribution in [0.1, 0.15) is 38.2 Å². The number of nitrogens with zero attached hydrogens (tertiary/aromatic N) is 2. The lowest BCUT2D eigenvalue weighted by atomic mass is 9.82. The van der Waals surface area contributed by atoms with Crippen LogP contribution in [0.15, 0.2) is 40.2 Å². The van der Waals surface area contributed by atoms with E-state index in [-0.39, 0.29) is 11.8 Å². The van der Waals surface area contributed by atoms with Gasteiger partial charge >= 0.3 is 0 Å². The van der Waals surface area contributed by atoms with Crippen molar-refractivity contribution in [2.45, 2.75) is 38.6 Å². The fourth-order valence-corrected chi connectivity index (χ4v) is 4.76. The summed E-state index contributed by atoms with van der Waals surface area (Å²) in [6.45, 7) is 2.14. The Labute approximate surface area is 129 Å². The highest BCUT2D eigenvalue weighted by atomic mass is 32.2. The zero-order valence-corrected chi connectivity index (χ0v) is 12.9. The third-order valence-electron chi connectivity index (χ3n) is 4.66. The lowest BCUT2D eigenvalue weighted by Crippen LogP contribution is -2.48. The normalized spacial score (nSPS) is 28.3. The van der Waals surface area contributed by atoms with E-state index in [0.717, 1.165) is 24.4 Å². The minimum atomic E-state index is 0.0905. The summed E-state index contributed by atoms with van der Waals surface area (Å²) in [7, 11) is 0. The molecule has 4 heteroatoms. The first-order valence-corrected chi connectivity index (χ1v) is 8.43. The molecule has 1 aliphatic carbocycles. The van der Waals surface area contributed by atoms with Crippen molar-refractivity contribution >= 4 is 28.5 Å². The van der Waals surface area contributed by atoms with Crippen LogP contribution in [0.5, 0.6) is 0 Å². The molecule has 21 heavy (non-hydrogen) atoms. The average Bonchev–Trinajstić information content (AvgIpc) is 2.84. The lowest BCUT2D eigenvalue weighted by molar-refractivity contribution is -0.124. The molecule has 2 heterocycles. The maximum atomic E-state index is 12.3. The third kappa shape index (κ3) is 2.04. The van der Waals surface area contributed by atoms with Crippen LogP contribution >= 0.6 is 11.8 Å². The van der Waals surface area contributed by atoms with Crippen molar-refractivity contribution < 1.29 is 4.79 Å². The maximum Gasteiger partial charge on any atom is 0.253 e. The second kappa shape index (κ2) is 5.02. The zero-order valence-electron chi connectivity index (χ0n) is 12.1. The molecule has 0 N–H and O–H groups in total. The highest BCUT2D eigenvalue weighted by molar-refractivity contribution is 8.17. The number of fused-ring (bicyclic) bond motifs is 3. The Morgan fingerprint density at radius 3 is 2.76 bits per heavy atom. The van der Waals surface area contributed by atoms with Crippen LogP contribution in [-0.2, 0) is 4.79 Å². The Kier molecular flexibility index (Phi) is 3.14. The molecule has 108 valence electrons. The molecular formula is C17H18N2OS. The van der Waals surface area contributed by atoms with Gasteiger partial charge in [-0.25, -0.2) is 0 Å². The van der Waals surface area contributed by atoms with Gasteiger partial charge in [0.05, 0.1) is 11.6 Å². The molecule has 3 aliphatic rings. The van der Waals surface area contributed by atoms with E-state index in [1.165, 1.54) is 22.6 Å². The summed E-state index contributed by atoms with van der Waals surface area (Å²) < 4.78 is 0. The van der Waals surface area contributed by atoms with Crippen molar-refractivity contribution in [3.05, 3.63) is 40.8 Å². The maximum absolute atomic E-state index is 12.3. The molecule has 2 atom stereocenters. The molecule has 0 bridgehead atoms. The molecule has 1 aromatic rings. The minimum absolute atomic E-state index is 0.0905. The summed E-state index contributed by atoms with van der Waals surface area (Å²) in [4.78, 5) is 20.3. The predicted octanol–water partition coefficient (Wildman–Crippen LogP) is 3.88. The second-order valence-electron chi connectivity index (χ2n) is 5.93. The van der Waals surface area contributed by atoms with Crippen LogP contribution in [-0.4, -0.2) is 22.0 Å². The highest BCUT2D eigenvalue weighted by Gasteiger charge is 2.45. The fourth-order valence-electron chi connectivity index (χ4n) is 3.71. The Bertz CT molecular complexity index is 650. The molecule has 0 radical (unpaired) electrons. The van der Waals surface area contributed by atoms with Gasteiger partial charge in [-0.1, -0.05) is 54.9 Å². The molecule has 2 unspecified atom stereocenters. The van der Waals surface area contributed by atoms with Crippen LogP contribution in [0.4, 0.5) is 0 Å². The van der Waals surface area contributed by atoms with E-state index in [0.29, 0.717) is 6.04 Å². The number of thioether (sulfide) groups is 1. The van der Waals surface area contributed by atoms with E-state index in [1.54, 1.807) is 11.8 Å². The summed E-state index contributed by atoms with van der Waals surface area (Å²) in [5, 5.41) is 0.888. The van der Waals surface area contributed by atoms with Crippen molar-refractivity contribution in [2.24, 2.45) is 10.9 Å². The lowest BCUT2D eigenvalue weighted by Gasteiger charge is -2.41. The molecule has 0 saturated heterocycles. The largest absolute Gasteiger partial charge is 0.315 e. The number of allylic oxidation sites excluding steroid dienone is 1. The summed E-state index contributed by atoms with van der Waals surface area (Å²) >= 11 is 1.65. The fraction of sp³-hybridized carbons (Fsp3) is 0.412. The van der Waals surface area contributed by atoms with E-state index in [1.807, 2.05) is 6.07 Å². The van der Waals surface area contributed by atoms with Gasteiger partial charge in [0.15, 0.2) is 5.17 Å². The standard InChI is InChI=1S/C17H18N2OS/c1-11-15(12-7-3-2-4-8-12)19-14-10-6-5-9-13(14)16(20)18-17(19)21-11/h2-4,7-8,13-14H,5-6,9-10H2,1H3. The molecule has 0 aromatic heterocycles. The molecule has 1 amide bonds. The number of carbonyl (C=O) groups excluding carboxylic acids is 1. The molecule has 1 aromatic carbocycles. The van der Waals surface area contributed by atoms with E-state index in [4.69, 9.17) is 0 Å². The van der Waals surface area contributed by atoms with Crippen LogP contribution in [0.2, 0.25) is 0 Å². The Hall–Kier alpha value is -1.55. The first-order chi connectivity index (χ1) is 10.3. The first-order valence-electron chi connectivity index (χ1n) is 7.61. The molecule has 3 nitrogen and oxygen atoms in total. The number of benzene rings is 1. The summed E-state index contributed by atoms with van der Waals surface area (Å²) in [5.41, 5.74) is 2.48. The Morgan fingerprint density at radius 2 is 1.95 bits per heavy atom. The van der Waals surface area contributed by atoms with Gasteiger partial charge in [-0.3, -0.25) is 4.79 Å². The molecule has 4 rings (SSSR count). The van der Waals surface area contributed by atoms with Crippen LogP contribution in [0.3, 0.4) is 0 Å². The number of rotatable bonds is 1. The molecule has 1 fully saturated rings. The number of carbonyl (C=O) groups is 1. The molecule has 1 saturated carbocycles. The predicted molar refractivity (Wildman–Crippen MR) is 86.7 cm³/mol. The number of hydrogen-bond donors (Lipinski definition) is 0. The Morgan fingerprint density at radius 1 is 1.19 bits per heavy atom. The molecule has 2 aliphatic heterocycles. The number of aliphatic imine (C=N–C) groups is 1. The van der Waals surface area contributed by atoms with Gasteiger partial charge in [-0.15, -0.1) is 0 Å². The summed E-state index contributed by atoms with van der Waals surface area (Å²) in [5.74, 6) is 0.188. The van der Waals surface area contributed by atoms with Crippen LogP contribution in [0.25, 0.3) is 5.70 Å². The monoisotopic (exact) mass is 298 g/mol. The SMILES string of the molecule is CC1=C(c2ccccc2)N2C(=NC(=O)C3CCCCC32)S1. The quantitative estimate of drug-likeness (QED) is 0.789. The van der Waals surface area contributed by atoms with Crippen molar-refractivity contribution in [1.82, 2.24) is 4.90 Å². The van der Waals surface area contributed by atoms with Crippen molar-refractivity contribution in [3.63, 3.8) is 0 Å². The van der Waals surface area contributed by atoms with Crippen LogP contribution in [0, 0.1) is 5.92 Å². The zero-order chi connectivity index (χ0) is 14.4. The van der Waals surface area contributed by atoms with Crippen molar-refractivity contribution in [1.29, 1.82) is 0 Å². The number of amides is 1. The van der Waals surface area contributed by atoms with Crippen molar-refractivity contribution in [2.75, 3.05) is 0 Å². The van der Waals surface area contributed by atoms with E-state index in [2.05, 4.69) is 41.1 Å². The second-order valence-corrected chi connectivity index (χ2v) is 7.12. The number of amidine groups is 1. The van der Waals surface area contributed by atoms with E-state index >= 15 is 0 Å². The van der Waals surface area contributed by atoms with Crippen molar-refractivity contribution in [3.8, 4) is 0 Å². The van der Waals surface area contributed by atoms with Gasteiger partial charge in [0.2, 0.25) is 0 Å². The first kappa shape index (κ1) is 13.1. The topological polar surface area (TPSA) is 32.7 Å². The van der Waals surface area contributed by atoms with Crippen LogP contribution < -0.4 is 0 Å². The molecule has 0 spiro atoms.